The number of anilines is 1. The lowest BCUT2D eigenvalue weighted by molar-refractivity contribution is -0.118. The predicted molar refractivity (Wildman–Crippen MR) is 110 cm³/mol. The number of hydrogen-bond acceptors (Lipinski definition) is 3. The highest BCUT2D eigenvalue weighted by Crippen LogP contribution is 2.41. The van der Waals surface area contributed by atoms with E-state index >= 15 is 0 Å². The number of carbonyl (C=O) groups is 1. The molecule has 7 heteroatoms. The molecule has 1 unspecified atom stereocenters. The van der Waals surface area contributed by atoms with Crippen molar-refractivity contribution >= 4 is 23.4 Å². The first-order valence-electron chi connectivity index (χ1n) is 9.35. The van der Waals surface area contributed by atoms with E-state index in [2.05, 4.69) is 0 Å². The molecule has 1 N–H and O–H groups in total. The number of rotatable bonds is 5. The molecule has 1 amide bonds. The molecule has 1 aliphatic rings. The molecule has 1 atom stereocenters. The van der Waals surface area contributed by atoms with E-state index in [0.717, 1.165) is 16.0 Å². The van der Waals surface area contributed by atoms with Gasteiger partial charge >= 0.3 is 0 Å². The molecule has 30 heavy (non-hydrogen) atoms. The number of para-hydroxylation sites is 1. The summed E-state index contributed by atoms with van der Waals surface area (Å²) < 4.78 is 41.8. The SMILES string of the molecule is O=C1C(Cc2ccc(CO)cc2)Sc2ccccc2N1Cc1c(F)cc(F)cc1F. The van der Waals surface area contributed by atoms with Gasteiger partial charge in [0.2, 0.25) is 5.91 Å². The molecule has 1 aliphatic heterocycles. The Kier molecular flexibility index (Phi) is 5.83. The van der Waals surface area contributed by atoms with Crippen LogP contribution in [-0.2, 0) is 24.4 Å². The fraction of sp³-hybridized carbons (Fsp3) is 0.174. The molecular weight excluding hydrogens is 411 g/mol. The van der Waals surface area contributed by atoms with E-state index in [-0.39, 0.29) is 24.6 Å². The molecule has 3 aromatic carbocycles. The van der Waals surface area contributed by atoms with Crippen LogP contribution in [0.5, 0.6) is 0 Å². The molecule has 0 saturated heterocycles. The van der Waals surface area contributed by atoms with Crippen molar-refractivity contribution in [3.05, 3.63) is 94.8 Å². The van der Waals surface area contributed by atoms with Crippen molar-refractivity contribution < 1.29 is 23.1 Å². The lowest BCUT2D eigenvalue weighted by atomic mass is 10.1. The Morgan fingerprint density at radius 3 is 2.23 bits per heavy atom. The summed E-state index contributed by atoms with van der Waals surface area (Å²) in [5.74, 6) is -3.31. The molecule has 0 saturated carbocycles. The molecule has 0 aromatic heterocycles. The van der Waals surface area contributed by atoms with E-state index in [1.54, 1.807) is 24.3 Å². The second-order valence-corrected chi connectivity index (χ2v) is 8.27. The summed E-state index contributed by atoms with van der Waals surface area (Å²) in [6.07, 6.45) is 0.425. The molecule has 0 bridgehead atoms. The number of halogens is 3. The van der Waals surface area contributed by atoms with Crippen LogP contribution in [0.2, 0.25) is 0 Å². The molecule has 1 heterocycles. The Morgan fingerprint density at radius 2 is 1.57 bits per heavy atom. The van der Waals surface area contributed by atoms with Crippen molar-refractivity contribution in [3.8, 4) is 0 Å². The zero-order valence-corrected chi connectivity index (χ0v) is 16.6. The summed E-state index contributed by atoms with van der Waals surface area (Å²) in [5.41, 5.74) is 1.91. The topological polar surface area (TPSA) is 40.5 Å². The van der Waals surface area contributed by atoms with Crippen LogP contribution in [0.15, 0.2) is 65.6 Å². The largest absolute Gasteiger partial charge is 0.392 e. The number of fused-ring (bicyclic) bond motifs is 1. The Bertz CT molecular complexity index is 1070. The van der Waals surface area contributed by atoms with Crippen LogP contribution >= 0.6 is 11.8 Å². The summed E-state index contributed by atoms with van der Waals surface area (Å²) in [6.45, 7) is -0.387. The molecule has 154 valence electrons. The standard InChI is InChI=1S/C23H18F3NO2S/c24-16-10-18(25)17(19(26)11-16)12-27-20-3-1-2-4-21(20)30-22(23(27)29)9-14-5-7-15(13-28)8-6-14/h1-8,10-11,22,28H,9,12-13H2. The Labute approximate surface area is 176 Å². The maximum absolute atomic E-state index is 14.2. The van der Waals surface area contributed by atoms with Gasteiger partial charge < -0.3 is 10.0 Å². The smallest absolute Gasteiger partial charge is 0.241 e. The van der Waals surface area contributed by atoms with Crippen molar-refractivity contribution in [1.29, 1.82) is 0 Å². The number of aliphatic hydroxyl groups is 1. The Balaban J connectivity index is 1.66. The minimum atomic E-state index is -1.02. The first-order chi connectivity index (χ1) is 14.5. The van der Waals surface area contributed by atoms with Crippen LogP contribution in [0.1, 0.15) is 16.7 Å². The molecule has 0 fully saturated rings. The maximum atomic E-state index is 14.2. The molecule has 4 rings (SSSR count). The highest BCUT2D eigenvalue weighted by atomic mass is 32.2. The van der Waals surface area contributed by atoms with E-state index < -0.39 is 22.7 Å². The average Bonchev–Trinajstić information content (AvgIpc) is 2.73. The monoisotopic (exact) mass is 429 g/mol. The lowest BCUT2D eigenvalue weighted by Gasteiger charge is -2.34. The molecule has 3 nitrogen and oxygen atoms in total. The van der Waals surface area contributed by atoms with Crippen LogP contribution in [0, 0.1) is 17.5 Å². The van der Waals surface area contributed by atoms with Gasteiger partial charge in [0.05, 0.1) is 24.1 Å². The summed E-state index contributed by atoms with van der Waals surface area (Å²) in [5, 5.41) is 8.71. The molecule has 3 aromatic rings. The molecule has 0 radical (unpaired) electrons. The van der Waals surface area contributed by atoms with Crippen LogP contribution in [0.25, 0.3) is 0 Å². The first kappa shape index (κ1) is 20.5. The fourth-order valence-corrected chi connectivity index (χ4v) is 4.71. The minimum Gasteiger partial charge on any atom is -0.392 e. The minimum absolute atomic E-state index is 0.0622. The van der Waals surface area contributed by atoms with Crippen LogP contribution in [0.3, 0.4) is 0 Å². The highest BCUT2D eigenvalue weighted by molar-refractivity contribution is 8.01. The summed E-state index contributed by atoms with van der Waals surface area (Å²) in [4.78, 5) is 15.4. The van der Waals surface area contributed by atoms with E-state index in [1.165, 1.54) is 16.7 Å². The second-order valence-electron chi connectivity index (χ2n) is 7.03. The van der Waals surface area contributed by atoms with Gasteiger partial charge in [-0.15, -0.1) is 11.8 Å². The van der Waals surface area contributed by atoms with Gasteiger partial charge in [-0.2, -0.15) is 0 Å². The van der Waals surface area contributed by atoms with Crippen molar-refractivity contribution in [1.82, 2.24) is 0 Å². The third kappa shape index (κ3) is 4.08. The van der Waals surface area contributed by atoms with E-state index in [1.807, 2.05) is 24.3 Å². The normalized spacial score (nSPS) is 15.9. The van der Waals surface area contributed by atoms with Crippen molar-refractivity contribution in [3.63, 3.8) is 0 Å². The number of nitrogens with zero attached hydrogens (tertiary/aromatic N) is 1. The number of thioether (sulfide) groups is 1. The van der Waals surface area contributed by atoms with Crippen LogP contribution < -0.4 is 4.90 Å². The van der Waals surface area contributed by atoms with Gasteiger partial charge in [0, 0.05) is 22.6 Å². The van der Waals surface area contributed by atoms with Crippen molar-refractivity contribution in [2.45, 2.75) is 29.7 Å². The predicted octanol–water partition coefficient (Wildman–Crippen LogP) is 4.85. The lowest BCUT2D eigenvalue weighted by Crippen LogP contribution is -2.41. The quantitative estimate of drug-likeness (QED) is 0.631. The van der Waals surface area contributed by atoms with Crippen molar-refractivity contribution in [2.75, 3.05) is 4.90 Å². The van der Waals surface area contributed by atoms with Gasteiger partial charge in [-0.1, -0.05) is 36.4 Å². The number of carbonyl (C=O) groups excluding carboxylic acids is 1. The summed E-state index contributed by atoms with van der Waals surface area (Å²) in [6, 6.07) is 15.7. The van der Waals surface area contributed by atoms with Gasteiger partial charge in [-0.3, -0.25) is 4.79 Å². The number of aliphatic hydroxyl groups excluding tert-OH is 1. The second kappa shape index (κ2) is 8.53. The van der Waals surface area contributed by atoms with Gasteiger partial charge in [0.1, 0.15) is 17.5 Å². The van der Waals surface area contributed by atoms with E-state index in [9.17, 15) is 23.1 Å². The molecule has 0 spiro atoms. The number of amides is 1. The number of hydrogen-bond donors (Lipinski definition) is 1. The Hall–Kier alpha value is -2.77. The zero-order valence-electron chi connectivity index (χ0n) is 15.8. The third-order valence-corrected chi connectivity index (χ3v) is 6.27. The highest BCUT2D eigenvalue weighted by Gasteiger charge is 2.34. The summed E-state index contributed by atoms with van der Waals surface area (Å²) in [7, 11) is 0. The maximum Gasteiger partial charge on any atom is 0.241 e. The average molecular weight is 429 g/mol. The Morgan fingerprint density at radius 1 is 0.933 bits per heavy atom. The van der Waals surface area contributed by atoms with Crippen molar-refractivity contribution in [2.24, 2.45) is 0 Å². The molecular formula is C23H18F3NO2S. The van der Waals surface area contributed by atoms with Gasteiger partial charge in [0.25, 0.3) is 0 Å². The van der Waals surface area contributed by atoms with Crippen LogP contribution in [-0.4, -0.2) is 16.3 Å². The van der Waals surface area contributed by atoms with Gasteiger partial charge in [-0.25, -0.2) is 13.2 Å². The fourth-order valence-electron chi connectivity index (χ4n) is 3.44. The van der Waals surface area contributed by atoms with Gasteiger partial charge in [0.15, 0.2) is 0 Å². The van der Waals surface area contributed by atoms with Gasteiger partial charge in [-0.05, 0) is 29.7 Å². The summed E-state index contributed by atoms with van der Waals surface area (Å²) >= 11 is 1.41. The first-order valence-corrected chi connectivity index (χ1v) is 10.2. The zero-order chi connectivity index (χ0) is 21.3. The number of benzene rings is 3. The van der Waals surface area contributed by atoms with E-state index in [0.29, 0.717) is 24.2 Å². The van der Waals surface area contributed by atoms with E-state index in [4.69, 9.17) is 0 Å². The van der Waals surface area contributed by atoms with Crippen LogP contribution in [0.4, 0.5) is 18.9 Å². The third-order valence-electron chi connectivity index (χ3n) is 5.02. The molecule has 0 aliphatic carbocycles.